The average Bonchev–Trinajstić information content (AvgIpc) is 2.96. The zero-order chi connectivity index (χ0) is 19.8. The molecule has 3 N–H and O–H groups in total. The fourth-order valence-corrected chi connectivity index (χ4v) is 2.25. The third kappa shape index (κ3) is 5.80. The van der Waals surface area contributed by atoms with Crippen molar-refractivity contribution in [1.29, 1.82) is 0 Å². The lowest BCUT2D eigenvalue weighted by atomic mass is 10.1. The van der Waals surface area contributed by atoms with Gasteiger partial charge < -0.3 is 15.4 Å². The smallest absolute Gasteiger partial charge is 0.338 e. The predicted octanol–water partition coefficient (Wildman–Crippen LogP) is 0.131. The van der Waals surface area contributed by atoms with Crippen LogP contribution in [0.3, 0.4) is 0 Å². The van der Waals surface area contributed by atoms with E-state index in [0.29, 0.717) is 12.1 Å². The molecule has 144 valence electrons. The monoisotopic (exact) mass is 376 g/mol. The number of rotatable bonds is 7. The standard InChI is InChI=1S/C17H20N4O6/c1-2-6-18-16(25)20-13(22)10-27-15(24)12-5-3-4-11(7-12)9-21-14(23)8-19-17(21)26/h3-5,7H,2,6,8-10H2,1H3,(H,19,26)(H2,18,20,22,25). The maximum atomic E-state index is 12.1. The lowest BCUT2D eigenvalue weighted by Gasteiger charge is -2.13. The number of carbonyl (C=O) groups excluding carboxylic acids is 5. The average molecular weight is 376 g/mol. The number of hydrogen-bond donors (Lipinski definition) is 3. The van der Waals surface area contributed by atoms with Gasteiger partial charge in [0.05, 0.1) is 18.7 Å². The Kier molecular flexibility index (Phi) is 6.86. The molecule has 1 heterocycles. The van der Waals surface area contributed by atoms with Gasteiger partial charge in [0, 0.05) is 6.54 Å². The molecule has 0 aliphatic carbocycles. The Labute approximate surface area is 155 Å². The molecular weight excluding hydrogens is 356 g/mol. The van der Waals surface area contributed by atoms with Crippen LogP contribution in [0.15, 0.2) is 24.3 Å². The van der Waals surface area contributed by atoms with Crippen molar-refractivity contribution in [2.45, 2.75) is 19.9 Å². The van der Waals surface area contributed by atoms with E-state index >= 15 is 0 Å². The lowest BCUT2D eigenvalue weighted by Crippen LogP contribution is -2.41. The molecule has 1 saturated heterocycles. The number of esters is 1. The van der Waals surface area contributed by atoms with Crippen molar-refractivity contribution in [2.24, 2.45) is 0 Å². The Hall–Kier alpha value is -3.43. The van der Waals surface area contributed by atoms with Crippen molar-refractivity contribution in [1.82, 2.24) is 20.9 Å². The second-order valence-corrected chi connectivity index (χ2v) is 5.72. The highest BCUT2D eigenvalue weighted by Crippen LogP contribution is 2.12. The van der Waals surface area contributed by atoms with E-state index in [2.05, 4.69) is 10.6 Å². The maximum absolute atomic E-state index is 12.1. The van der Waals surface area contributed by atoms with Gasteiger partial charge in [-0.3, -0.25) is 19.8 Å². The third-order valence-electron chi connectivity index (χ3n) is 3.56. The summed E-state index contributed by atoms with van der Waals surface area (Å²) in [6.07, 6.45) is 0.720. The molecule has 6 amide bonds. The summed E-state index contributed by atoms with van der Waals surface area (Å²) in [5.74, 6) is -1.88. The minimum Gasteiger partial charge on any atom is -0.452 e. The van der Waals surface area contributed by atoms with Crippen molar-refractivity contribution in [3.05, 3.63) is 35.4 Å². The quantitative estimate of drug-likeness (QED) is 0.457. The molecule has 1 aliphatic heterocycles. The Bertz CT molecular complexity index is 748. The number of amides is 6. The minimum absolute atomic E-state index is 0.0177. The molecule has 2 rings (SSSR count). The van der Waals surface area contributed by atoms with Gasteiger partial charge in [-0.05, 0) is 24.1 Å². The van der Waals surface area contributed by atoms with Crippen LogP contribution in [0.4, 0.5) is 9.59 Å². The van der Waals surface area contributed by atoms with Crippen molar-refractivity contribution in [3.63, 3.8) is 0 Å². The zero-order valence-corrected chi connectivity index (χ0v) is 14.7. The van der Waals surface area contributed by atoms with Crippen LogP contribution < -0.4 is 16.0 Å². The van der Waals surface area contributed by atoms with Gasteiger partial charge in [-0.1, -0.05) is 19.1 Å². The van der Waals surface area contributed by atoms with E-state index in [-0.39, 0.29) is 24.6 Å². The van der Waals surface area contributed by atoms with Crippen LogP contribution in [0.25, 0.3) is 0 Å². The number of ether oxygens (including phenoxy) is 1. The molecule has 27 heavy (non-hydrogen) atoms. The topological polar surface area (TPSA) is 134 Å². The van der Waals surface area contributed by atoms with E-state index in [1.54, 1.807) is 12.1 Å². The van der Waals surface area contributed by atoms with Crippen LogP contribution in [-0.2, 0) is 20.9 Å². The molecule has 0 unspecified atom stereocenters. The molecule has 1 fully saturated rings. The highest BCUT2D eigenvalue weighted by atomic mass is 16.5. The van der Waals surface area contributed by atoms with Gasteiger partial charge in [0.1, 0.15) is 0 Å². The summed E-state index contributed by atoms with van der Waals surface area (Å²) >= 11 is 0. The van der Waals surface area contributed by atoms with Crippen LogP contribution in [0.2, 0.25) is 0 Å². The molecule has 10 heteroatoms. The molecule has 10 nitrogen and oxygen atoms in total. The molecule has 0 spiro atoms. The molecule has 0 atom stereocenters. The summed E-state index contributed by atoms with van der Waals surface area (Å²) in [5, 5.41) is 6.90. The van der Waals surface area contributed by atoms with Gasteiger partial charge in [0.2, 0.25) is 5.91 Å². The first-order chi connectivity index (χ1) is 12.9. The largest absolute Gasteiger partial charge is 0.452 e. The predicted molar refractivity (Wildman–Crippen MR) is 92.5 cm³/mol. The van der Waals surface area contributed by atoms with Gasteiger partial charge in [0.25, 0.3) is 5.91 Å². The van der Waals surface area contributed by atoms with Crippen LogP contribution in [-0.4, -0.2) is 54.4 Å². The highest BCUT2D eigenvalue weighted by Gasteiger charge is 2.28. The molecule has 1 aromatic carbocycles. The fourth-order valence-electron chi connectivity index (χ4n) is 2.25. The first-order valence-electron chi connectivity index (χ1n) is 8.32. The van der Waals surface area contributed by atoms with E-state index in [0.717, 1.165) is 11.3 Å². The molecular formula is C17H20N4O6. The third-order valence-corrected chi connectivity index (χ3v) is 3.56. The van der Waals surface area contributed by atoms with Crippen molar-refractivity contribution >= 4 is 29.8 Å². The molecule has 0 radical (unpaired) electrons. The fraction of sp³-hybridized carbons (Fsp3) is 0.353. The van der Waals surface area contributed by atoms with Gasteiger partial charge in [-0.15, -0.1) is 0 Å². The van der Waals surface area contributed by atoms with E-state index < -0.39 is 30.5 Å². The second-order valence-electron chi connectivity index (χ2n) is 5.72. The van der Waals surface area contributed by atoms with Crippen LogP contribution >= 0.6 is 0 Å². The second kappa shape index (κ2) is 9.32. The number of nitrogens with one attached hydrogen (secondary N) is 3. The van der Waals surface area contributed by atoms with Gasteiger partial charge in [-0.25, -0.2) is 14.4 Å². The zero-order valence-electron chi connectivity index (χ0n) is 14.7. The summed E-state index contributed by atoms with van der Waals surface area (Å²) in [4.78, 5) is 59.2. The summed E-state index contributed by atoms with van der Waals surface area (Å²) in [6.45, 7) is 1.63. The van der Waals surface area contributed by atoms with E-state index in [4.69, 9.17) is 4.74 Å². The molecule has 0 aromatic heterocycles. The van der Waals surface area contributed by atoms with Crippen molar-refractivity contribution in [2.75, 3.05) is 19.7 Å². The number of carbonyl (C=O) groups is 5. The molecule has 1 aromatic rings. The van der Waals surface area contributed by atoms with Crippen LogP contribution in [0.5, 0.6) is 0 Å². The summed E-state index contributed by atoms with van der Waals surface area (Å²) in [7, 11) is 0. The first kappa shape index (κ1) is 19.9. The normalized spacial score (nSPS) is 13.1. The minimum atomic E-state index is -0.766. The number of benzene rings is 1. The summed E-state index contributed by atoms with van der Waals surface area (Å²) in [5.41, 5.74) is 0.709. The van der Waals surface area contributed by atoms with Crippen molar-refractivity contribution in [3.8, 4) is 0 Å². The highest BCUT2D eigenvalue weighted by molar-refractivity contribution is 6.02. The summed E-state index contributed by atoms with van der Waals surface area (Å²) < 4.78 is 4.87. The Morgan fingerprint density at radius 1 is 1.26 bits per heavy atom. The Balaban J connectivity index is 1.87. The SMILES string of the molecule is CCCNC(=O)NC(=O)COC(=O)c1cccc(CN2C(=O)CNC2=O)c1. The Morgan fingerprint density at radius 2 is 2.04 bits per heavy atom. The number of urea groups is 2. The van der Waals surface area contributed by atoms with E-state index in [1.807, 2.05) is 12.2 Å². The Morgan fingerprint density at radius 3 is 2.70 bits per heavy atom. The van der Waals surface area contributed by atoms with Gasteiger partial charge in [-0.2, -0.15) is 0 Å². The number of nitrogens with zero attached hydrogens (tertiary/aromatic N) is 1. The molecule has 1 aliphatic rings. The van der Waals surface area contributed by atoms with Gasteiger partial charge in [0.15, 0.2) is 6.61 Å². The van der Waals surface area contributed by atoms with Gasteiger partial charge >= 0.3 is 18.0 Å². The van der Waals surface area contributed by atoms with E-state index in [1.165, 1.54) is 12.1 Å². The molecule has 0 saturated carbocycles. The van der Waals surface area contributed by atoms with E-state index in [9.17, 15) is 24.0 Å². The first-order valence-corrected chi connectivity index (χ1v) is 8.32. The summed E-state index contributed by atoms with van der Waals surface area (Å²) in [6, 6.07) is 5.01. The number of hydrogen-bond acceptors (Lipinski definition) is 6. The number of imide groups is 2. The maximum Gasteiger partial charge on any atom is 0.338 e. The van der Waals surface area contributed by atoms with Crippen molar-refractivity contribution < 1.29 is 28.7 Å². The van der Waals surface area contributed by atoms with Crippen LogP contribution in [0.1, 0.15) is 29.3 Å². The van der Waals surface area contributed by atoms with Crippen LogP contribution in [0, 0.1) is 0 Å². The molecule has 0 bridgehead atoms. The lowest BCUT2D eigenvalue weighted by molar-refractivity contribution is -0.125.